The van der Waals surface area contributed by atoms with Crippen LogP contribution < -0.4 is 10.1 Å². The summed E-state index contributed by atoms with van der Waals surface area (Å²) in [4.78, 5) is 17.3. The summed E-state index contributed by atoms with van der Waals surface area (Å²) in [5.41, 5.74) is 3.29. The molecule has 6 heteroatoms. The molecule has 0 radical (unpaired) electrons. The lowest BCUT2D eigenvalue weighted by Crippen LogP contribution is -2.24. The lowest BCUT2D eigenvalue weighted by molar-refractivity contribution is 0.0953. The van der Waals surface area contributed by atoms with Crippen LogP contribution in [0.4, 0.5) is 0 Å². The number of nitrogens with zero attached hydrogens (tertiary/aromatic N) is 2. The van der Waals surface area contributed by atoms with E-state index in [9.17, 15) is 4.79 Å². The number of imidazole rings is 1. The quantitative estimate of drug-likeness (QED) is 0.327. The molecule has 0 unspecified atom stereocenters. The number of aromatic nitrogens is 2. The van der Waals surface area contributed by atoms with Crippen LogP contribution in [-0.2, 0) is 13.2 Å². The summed E-state index contributed by atoms with van der Waals surface area (Å²) >= 11 is 6.43. The van der Waals surface area contributed by atoms with Gasteiger partial charge in [0.15, 0.2) is 0 Å². The van der Waals surface area contributed by atoms with Crippen LogP contribution in [0.2, 0.25) is 5.02 Å². The van der Waals surface area contributed by atoms with Crippen LogP contribution in [0.5, 0.6) is 5.75 Å². The molecular weight excluding hydrogens is 422 g/mol. The molecular formula is C26H26ClN3O2. The minimum atomic E-state index is -0.0805. The van der Waals surface area contributed by atoms with Crippen molar-refractivity contribution in [1.82, 2.24) is 14.9 Å². The first-order valence-corrected chi connectivity index (χ1v) is 11.2. The number of carbonyl (C=O) groups is 1. The molecule has 5 nitrogen and oxygen atoms in total. The summed E-state index contributed by atoms with van der Waals surface area (Å²) in [6.07, 6.45) is 2.00. The molecule has 0 bridgehead atoms. The lowest BCUT2D eigenvalue weighted by Gasteiger charge is -2.12. The highest BCUT2D eigenvalue weighted by Gasteiger charge is 2.15. The fourth-order valence-electron chi connectivity index (χ4n) is 3.55. The zero-order chi connectivity index (χ0) is 22.3. The number of hydrogen-bond donors (Lipinski definition) is 1. The highest BCUT2D eigenvalue weighted by molar-refractivity contribution is 6.31. The largest absolute Gasteiger partial charge is 0.486 e. The summed E-state index contributed by atoms with van der Waals surface area (Å²) < 4.78 is 8.07. The normalized spacial score (nSPS) is 10.9. The third kappa shape index (κ3) is 5.11. The van der Waals surface area contributed by atoms with Crippen molar-refractivity contribution in [3.8, 4) is 5.75 Å². The smallest absolute Gasteiger partial charge is 0.251 e. The first-order valence-electron chi connectivity index (χ1n) is 10.8. The van der Waals surface area contributed by atoms with E-state index < -0.39 is 0 Å². The van der Waals surface area contributed by atoms with Crippen molar-refractivity contribution in [2.75, 3.05) is 6.54 Å². The van der Waals surface area contributed by atoms with E-state index in [4.69, 9.17) is 21.3 Å². The van der Waals surface area contributed by atoms with Crippen LogP contribution >= 0.6 is 11.6 Å². The van der Waals surface area contributed by atoms with Gasteiger partial charge in [-0.3, -0.25) is 4.79 Å². The minimum absolute atomic E-state index is 0.0805. The maximum atomic E-state index is 12.5. The molecule has 1 N–H and O–H groups in total. The van der Waals surface area contributed by atoms with Crippen LogP contribution in [0, 0.1) is 0 Å². The molecule has 0 saturated carbocycles. The van der Waals surface area contributed by atoms with Gasteiger partial charge in [0.25, 0.3) is 5.91 Å². The predicted molar refractivity (Wildman–Crippen MR) is 128 cm³/mol. The van der Waals surface area contributed by atoms with Crippen molar-refractivity contribution >= 4 is 28.5 Å². The van der Waals surface area contributed by atoms with Gasteiger partial charge < -0.3 is 14.6 Å². The Hall–Kier alpha value is -3.31. The average molecular weight is 448 g/mol. The van der Waals surface area contributed by atoms with E-state index >= 15 is 0 Å². The Morgan fingerprint density at radius 1 is 1.06 bits per heavy atom. The van der Waals surface area contributed by atoms with Crippen LogP contribution in [0.3, 0.4) is 0 Å². The number of hydrogen-bond acceptors (Lipinski definition) is 3. The second-order valence-electron chi connectivity index (χ2n) is 7.62. The van der Waals surface area contributed by atoms with Gasteiger partial charge in [-0.15, -0.1) is 0 Å². The molecule has 164 valence electrons. The van der Waals surface area contributed by atoms with Gasteiger partial charge in [-0.1, -0.05) is 61.3 Å². The lowest BCUT2D eigenvalue weighted by atomic mass is 10.1. The summed E-state index contributed by atoms with van der Waals surface area (Å²) in [7, 11) is 0. The first kappa shape index (κ1) is 21.9. The molecule has 4 rings (SSSR count). The molecule has 0 fully saturated rings. The number of unbranched alkanes of at least 4 members (excludes halogenated alkanes) is 1. The summed E-state index contributed by atoms with van der Waals surface area (Å²) in [5, 5.41) is 3.67. The molecule has 1 aromatic heterocycles. The van der Waals surface area contributed by atoms with Crippen molar-refractivity contribution in [1.29, 1.82) is 0 Å². The fraction of sp³-hybridized carbons (Fsp3) is 0.231. The molecule has 0 aliphatic rings. The average Bonchev–Trinajstić information content (AvgIpc) is 3.16. The monoisotopic (exact) mass is 447 g/mol. The van der Waals surface area contributed by atoms with Gasteiger partial charge in [-0.2, -0.15) is 0 Å². The molecule has 0 aliphatic carbocycles. The predicted octanol–water partition coefficient (Wildman–Crippen LogP) is 5.85. The van der Waals surface area contributed by atoms with E-state index in [0.717, 1.165) is 41.0 Å². The van der Waals surface area contributed by atoms with Crippen molar-refractivity contribution < 1.29 is 9.53 Å². The standard InChI is InChI=1S/C26H26ClN3O2/c1-2-3-15-28-26(31)19-13-14-24-23(16-19)29-25(18-32-21-10-5-4-6-11-21)30(24)17-20-9-7-8-12-22(20)27/h4-14,16H,2-3,15,17-18H2,1H3,(H,28,31). The van der Waals surface area contributed by atoms with Crippen molar-refractivity contribution in [2.24, 2.45) is 0 Å². The first-order chi connectivity index (χ1) is 15.7. The van der Waals surface area contributed by atoms with E-state index in [1.54, 1.807) is 0 Å². The molecule has 4 aromatic rings. The molecule has 0 spiro atoms. The minimum Gasteiger partial charge on any atom is -0.486 e. The summed E-state index contributed by atoms with van der Waals surface area (Å²) in [6.45, 7) is 3.64. The maximum absolute atomic E-state index is 12.5. The highest BCUT2D eigenvalue weighted by atomic mass is 35.5. The van der Waals surface area contributed by atoms with E-state index in [2.05, 4.69) is 16.8 Å². The second-order valence-corrected chi connectivity index (χ2v) is 8.03. The molecule has 0 atom stereocenters. The molecule has 3 aromatic carbocycles. The van der Waals surface area contributed by atoms with Crippen molar-refractivity contribution in [3.63, 3.8) is 0 Å². The number of fused-ring (bicyclic) bond motifs is 1. The van der Waals surface area contributed by atoms with E-state index in [1.165, 1.54) is 0 Å². The number of halogens is 1. The zero-order valence-corrected chi connectivity index (χ0v) is 18.8. The molecule has 1 amide bonds. The molecule has 0 aliphatic heterocycles. The Morgan fingerprint density at radius 2 is 1.84 bits per heavy atom. The Bertz CT molecular complexity index is 1200. The summed E-state index contributed by atoms with van der Waals surface area (Å²) in [6, 6.07) is 23.1. The number of ether oxygens (including phenoxy) is 1. The third-order valence-corrected chi connectivity index (χ3v) is 5.67. The Balaban J connectivity index is 1.66. The highest BCUT2D eigenvalue weighted by Crippen LogP contribution is 2.24. The number of nitrogens with one attached hydrogen (secondary N) is 1. The number of amides is 1. The van der Waals surface area contributed by atoms with Gasteiger partial charge in [-0.05, 0) is 48.4 Å². The van der Waals surface area contributed by atoms with Crippen LogP contribution in [-0.4, -0.2) is 22.0 Å². The van der Waals surface area contributed by atoms with E-state index in [0.29, 0.717) is 30.3 Å². The van der Waals surface area contributed by atoms with Crippen molar-refractivity contribution in [3.05, 3.63) is 94.8 Å². The van der Waals surface area contributed by atoms with Gasteiger partial charge >= 0.3 is 0 Å². The van der Waals surface area contributed by atoms with E-state index in [1.807, 2.05) is 72.8 Å². The van der Waals surface area contributed by atoms with Crippen LogP contribution in [0.1, 0.15) is 41.5 Å². The topological polar surface area (TPSA) is 56.1 Å². The van der Waals surface area contributed by atoms with Crippen LogP contribution in [0.25, 0.3) is 11.0 Å². The maximum Gasteiger partial charge on any atom is 0.251 e. The van der Waals surface area contributed by atoms with Gasteiger partial charge in [0.05, 0.1) is 17.6 Å². The Labute approximate surface area is 193 Å². The number of benzene rings is 3. The number of rotatable bonds is 9. The third-order valence-electron chi connectivity index (χ3n) is 5.30. The van der Waals surface area contributed by atoms with Gasteiger partial charge in [0.1, 0.15) is 18.2 Å². The number of carbonyl (C=O) groups excluding carboxylic acids is 1. The van der Waals surface area contributed by atoms with Gasteiger partial charge in [0, 0.05) is 17.1 Å². The van der Waals surface area contributed by atoms with Crippen molar-refractivity contribution in [2.45, 2.75) is 32.9 Å². The Morgan fingerprint density at radius 3 is 2.62 bits per heavy atom. The number of para-hydroxylation sites is 1. The van der Waals surface area contributed by atoms with E-state index in [-0.39, 0.29) is 5.91 Å². The zero-order valence-electron chi connectivity index (χ0n) is 18.1. The van der Waals surface area contributed by atoms with Gasteiger partial charge in [-0.25, -0.2) is 4.98 Å². The van der Waals surface area contributed by atoms with Gasteiger partial charge in [0.2, 0.25) is 0 Å². The second kappa shape index (κ2) is 10.3. The molecule has 1 heterocycles. The fourth-order valence-corrected chi connectivity index (χ4v) is 3.75. The van der Waals surface area contributed by atoms with Crippen LogP contribution in [0.15, 0.2) is 72.8 Å². The Kier molecular flexibility index (Phi) is 7.07. The SMILES string of the molecule is CCCCNC(=O)c1ccc2c(c1)nc(COc1ccccc1)n2Cc1ccccc1Cl. The molecule has 32 heavy (non-hydrogen) atoms. The summed E-state index contributed by atoms with van der Waals surface area (Å²) in [5.74, 6) is 1.47. The molecule has 0 saturated heterocycles.